The highest BCUT2D eigenvalue weighted by Crippen LogP contribution is 2.27. The van der Waals surface area contributed by atoms with Gasteiger partial charge in [-0.1, -0.05) is 24.3 Å². The standard InChI is InChI=1S/C16H22N2/c17-16(18-10-4-1-5-11-18)15-9-8-13-6-2-3-7-14(13)12-15/h2-3,6-7,15,17H,1,4-5,8-12H2. The number of likely N-dealkylation sites (tertiary alicyclic amines) is 1. The van der Waals surface area contributed by atoms with Gasteiger partial charge in [-0.15, -0.1) is 0 Å². The summed E-state index contributed by atoms with van der Waals surface area (Å²) in [6, 6.07) is 8.75. The van der Waals surface area contributed by atoms with Crippen LogP contribution < -0.4 is 0 Å². The highest BCUT2D eigenvalue weighted by molar-refractivity contribution is 5.82. The maximum absolute atomic E-state index is 8.44. The Balaban J connectivity index is 1.69. The Morgan fingerprint density at radius 3 is 2.56 bits per heavy atom. The molecule has 1 aromatic rings. The van der Waals surface area contributed by atoms with Crippen LogP contribution in [0.1, 0.15) is 36.8 Å². The van der Waals surface area contributed by atoms with E-state index in [-0.39, 0.29) is 0 Å². The minimum Gasteiger partial charge on any atom is -0.360 e. The molecule has 2 aliphatic rings. The highest BCUT2D eigenvalue weighted by atomic mass is 15.2. The molecule has 1 saturated heterocycles. The molecule has 96 valence electrons. The van der Waals surface area contributed by atoms with E-state index in [2.05, 4.69) is 29.2 Å². The van der Waals surface area contributed by atoms with Crippen molar-refractivity contribution in [2.45, 2.75) is 38.5 Å². The van der Waals surface area contributed by atoms with Crippen molar-refractivity contribution in [1.82, 2.24) is 4.90 Å². The molecular formula is C16H22N2. The molecule has 0 bridgehead atoms. The SMILES string of the molecule is N=C(C1CCc2ccccc2C1)N1CCCCC1. The van der Waals surface area contributed by atoms with E-state index in [9.17, 15) is 0 Å². The van der Waals surface area contributed by atoms with Crippen LogP contribution in [0.4, 0.5) is 0 Å². The van der Waals surface area contributed by atoms with Crippen molar-refractivity contribution in [2.24, 2.45) is 5.92 Å². The van der Waals surface area contributed by atoms with Gasteiger partial charge in [0.1, 0.15) is 0 Å². The van der Waals surface area contributed by atoms with Gasteiger partial charge in [-0.05, 0) is 49.7 Å². The number of piperidine rings is 1. The van der Waals surface area contributed by atoms with Crippen molar-refractivity contribution in [3.05, 3.63) is 35.4 Å². The molecule has 18 heavy (non-hydrogen) atoms. The number of hydrogen-bond acceptors (Lipinski definition) is 1. The van der Waals surface area contributed by atoms with Crippen LogP contribution in [-0.2, 0) is 12.8 Å². The molecule has 2 heteroatoms. The molecule has 1 aliphatic heterocycles. The molecule has 0 saturated carbocycles. The second-order valence-electron chi connectivity index (χ2n) is 5.64. The average Bonchev–Trinajstić information content (AvgIpc) is 2.47. The zero-order valence-electron chi connectivity index (χ0n) is 11.0. The van der Waals surface area contributed by atoms with Gasteiger partial charge < -0.3 is 4.90 Å². The quantitative estimate of drug-likeness (QED) is 0.594. The lowest BCUT2D eigenvalue weighted by molar-refractivity contribution is 0.318. The van der Waals surface area contributed by atoms with Crippen LogP contribution in [0.2, 0.25) is 0 Å². The number of fused-ring (bicyclic) bond motifs is 1. The first-order chi connectivity index (χ1) is 8.84. The molecular weight excluding hydrogens is 220 g/mol. The second-order valence-corrected chi connectivity index (χ2v) is 5.64. The number of nitrogens with one attached hydrogen (secondary N) is 1. The Bertz CT molecular complexity index is 432. The maximum atomic E-state index is 8.44. The summed E-state index contributed by atoms with van der Waals surface area (Å²) in [4.78, 5) is 2.32. The first-order valence-electron chi connectivity index (χ1n) is 7.25. The van der Waals surface area contributed by atoms with Crippen LogP contribution in [0.3, 0.4) is 0 Å². The fourth-order valence-electron chi connectivity index (χ4n) is 3.32. The van der Waals surface area contributed by atoms with Gasteiger partial charge in [0.25, 0.3) is 0 Å². The highest BCUT2D eigenvalue weighted by Gasteiger charge is 2.25. The molecule has 1 aliphatic carbocycles. The Kier molecular flexibility index (Phi) is 3.35. The molecule has 1 atom stereocenters. The van der Waals surface area contributed by atoms with Crippen LogP contribution >= 0.6 is 0 Å². The van der Waals surface area contributed by atoms with Gasteiger partial charge in [0.15, 0.2) is 0 Å². The summed E-state index contributed by atoms with van der Waals surface area (Å²) in [6.45, 7) is 2.22. The summed E-state index contributed by atoms with van der Waals surface area (Å²) in [7, 11) is 0. The molecule has 1 aromatic carbocycles. The zero-order chi connectivity index (χ0) is 12.4. The van der Waals surface area contributed by atoms with Crippen molar-refractivity contribution < 1.29 is 0 Å². The van der Waals surface area contributed by atoms with Crippen molar-refractivity contribution in [3.8, 4) is 0 Å². The normalized spacial score (nSPS) is 23.6. The molecule has 1 fully saturated rings. The predicted molar refractivity (Wildman–Crippen MR) is 75.1 cm³/mol. The minimum atomic E-state index is 0.456. The predicted octanol–water partition coefficient (Wildman–Crippen LogP) is 3.25. The van der Waals surface area contributed by atoms with Crippen LogP contribution in [-0.4, -0.2) is 23.8 Å². The topological polar surface area (TPSA) is 27.1 Å². The summed E-state index contributed by atoms with van der Waals surface area (Å²) < 4.78 is 0. The van der Waals surface area contributed by atoms with E-state index in [4.69, 9.17) is 5.41 Å². The van der Waals surface area contributed by atoms with Crippen LogP contribution in [0.15, 0.2) is 24.3 Å². The van der Waals surface area contributed by atoms with Gasteiger partial charge >= 0.3 is 0 Å². The first-order valence-corrected chi connectivity index (χ1v) is 7.25. The van der Waals surface area contributed by atoms with Gasteiger partial charge in [0.05, 0.1) is 5.84 Å². The Hall–Kier alpha value is -1.31. The third kappa shape index (κ3) is 2.29. The molecule has 0 radical (unpaired) electrons. The van der Waals surface area contributed by atoms with E-state index in [1.807, 2.05) is 0 Å². The van der Waals surface area contributed by atoms with E-state index in [0.29, 0.717) is 5.92 Å². The summed E-state index contributed by atoms with van der Waals surface area (Å²) >= 11 is 0. The van der Waals surface area contributed by atoms with E-state index in [0.717, 1.165) is 38.2 Å². The Morgan fingerprint density at radius 1 is 1.06 bits per heavy atom. The molecule has 0 spiro atoms. The summed E-state index contributed by atoms with van der Waals surface area (Å²) in [5.41, 5.74) is 2.97. The van der Waals surface area contributed by atoms with Crippen LogP contribution in [0.5, 0.6) is 0 Å². The number of hydrogen-bond donors (Lipinski definition) is 1. The lowest BCUT2D eigenvalue weighted by atomic mass is 9.82. The van der Waals surface area contributed by atoms with Crippen molar-refractivity contribution in [1.29, 1.82) is 5.41 Å². The first kappa shape index (κ1) is 11.8. The zero-order valence-corrected chi connectivity index (χ0v) is 11.0. The number of rotatable bonds is 1. The fourth-order valence-corrected chi connectivity index (χ4v) is 3.32. The maximum Gasteiger partial charge on any atom is 0.0992 e. The molecule has 1 unspecified atom stereocenters. The number of aryl methyl sites for hydroxylation is 1. The monoisotopic (exact) mass is 242 g/mol. The average molecular weight is 242 g/mol. The summed E-state index contributed by atoms with van der Waals surface area (Å²) in [5.74, 6) is 1.36. The van der Waals surface area contributed by atoms with Crippen molar-refractivity contribution in [3.63, 3.8) is 0 Å². The molecule has 0 aromatic heterocycles. The smallest absolute Gasteiger partial charge is 0.0992 e. The largest absolute Gasteiger partial charge is 0.360 e. The number of benzene rings is 1. The summed E-state index contributed by atoms with van der Waals surface area (Å²) in [6.07, 6.45) is 7.27. The Morgan fingerprint density at radius 2 is 1.78 bits per heavy atom. The second kappa shape index (κ2) is 5.13. The molecule has 1 N–H and O–H groups in total. The molecule has 1 heterocycles. The lowest BCUT2D eigenvalue weighted by Gasteiger charge is -2.35. The lowest BCUT2D eigenvalue weighted by Crippen LogP contribution is -2.40. The fraction of sp³-hybridized carbons (Fsp3) is 0.562. The van der Waals surface area contributed by atoms with Gasteiger partial charge in [0, 0.05) is 19.0 Å². The van der Waals surface area contributed by atoms with Crippen LogP contribution in [0.25, 0.3) is 0 Å². The van der Waals surface area contributed by atoms with E-state index in [1.165, 1.54) is 30.4 Å². The third-order valence-corrected chi connectivity index (χ3v) is 4.43. The molecule has 2 nitrogen and oxygen atoms in total. The van der Waals surface area contributed by atoms with Crippen molar-refractivity contribution in [2.75, 3.05) is 13.1 Å². The molecule has 3 rings (SSSR count). The minimum absolute atomic E-state index is 0.456. The van der Waals surface area contributed by atoms with Gasteiger partial charge in [-0.2, -0.15) is 0 Å². The van der Waals surface area contributed by atoms with Gasteiger partial charge in [-0.3, -0.25) is 5.41 Å². The number of amidine groups is 1. The van der Waals surface area contributed by atoms with Gasteiger partial charge in [0.2, 0.25) is 0 Å². The summed E-state index contributed by atoms with van der Waals surface area (Å²) in [5, 5.41) is 8.44. The number of nitrogens with zero attached hydrogens (tertiary/aromatic N) is 1. The van der Waals surface area contributed by atoms with Crippen LogP contribution in [0, 0.1) is 11.3 Å². The van der Waals surface area contributed by atoms with E-state index in [1.54, 1.807) is 0 Å². The molecule has 0 amide bonds. The third-order valence-electron chi connectivity index (χ3n) is 4.43. The van der Waals surface area contributed by atoms with Crippen molar-refractivity contribution >= 4 is 5.84 Å². The van der Waals surface area contributed by atoms with E-state index >= 15 is 0 Å². The van der Waals surface area contributed by atoms with E-state index < -0.39 is 0 Å². The van der Waals surface area contributed by atoms with Gasteiger partial charge in [-0.25, -0.2) is 0 Å². The Labute approximate surface area is 110 Å².